The second-order valence-electron chi connectivity index (χ2n) is 2.54. The van der Waals surface area contributed by atoms with Crippen LogP contribution in [0, 0.1) is 6.92 Å². The van der Waals surface area contributed by atoms with Gasteiger partial charge in [0, 0.05) is 13.1 Å². The maximum absolute atomic E-state index is 10.9. The molecule has 0 saturated heterocycles. The summed E-state index contributed by atoms with van der Waals surface area (Å²) in [4.78, 5) is 21.5. The van der Waals surface area contributed by atoms with Crippen LogP contribution in [0.25, 0.3) is 0 Å². The van der Waals surface area contributed by atoms with E-state index in [-0.39, 0.29) is 11.6 Å². The summed E-state index contributed by atoms with van der Waals surface area (Å²) in [6.45, 7) is 2.98. The molecule has 4 nitrogen and oxygen atoms in total. The normalized spacial score (nSPS) is 9.83. The predicted octanol–water partition coefficient (Wildman–Crippen LogP) is 1.15. The summed E-state index contributed by atoms with van der Waals surface area (Å²) in [5.41, 5.74) is 0.639. The van der Waals surface area contributed by atoms with Crippen molar-refractivity contribution in [3.8, 4) is 0 Å². The summed E-state index contributed by atoms with van der Waals surface area (Å²) < 4.78 is 1.12. The molecule has 4 heteroatoms. The van der Waals surface area contributed by atoms with Gasteiger partial charge in [-0.1, -0.05) is 0 Å². The van der Waals surface area contributed by atoms with Crippen molar-refractivity contribution in [1.29, 1.82) is 0 Å². The largest absolute Gasteiger partial charge is 0.477 e. The molecule has 64 valence electrons. The van der Waals surface area contributed by atoms with E-state index in [1.54, 1.807) is 13.0 Å². The minimum Gasteiger partial charge on any atom is -0.477 e. The molecule has 0 aromatic carbocycles. The average molecular weight is 167 g/mol. The number of hydrogen-bond acceptors (Lipinski definition) is 2. The number of hydrogen-bond donors (Lipinski definition) is 1. The highest BCUT2D eigenvalue weighted by molar-refractivity contribution is 5.93. The summed E-state index contributed by atoms with van der Waals surface area (Å²) in [6, 6.07) is 1.60. The van der Waals surface area contributed by atoms with Gasteiger partial charge in [-0.15, -0.1) is 0 Å². The van der Waals surface area contributed by atoms with Gasteiger partial charge >= 0.3 is 5.97 Å². The number of aromatic nitrogens is 1. The topological polar surface area (TPSA) is 59.3 Å². The molecule has 0 saturated carbocycles. The highest BCUT2D eigenvalue weighted by Gasteiger charge is 2.14. The SMILES string of the molecule is CC(=O)n1ccc(C)c1C(=O)O. The molecule has 1 aromatic heterocycles. The fraction of sp³-hybridized carbons (Fsp3) is 0.250. The Morgan fingerprint density at radius 1 is 1.50 bits per heavy atom. The van der Waals surface area contributed by atoms with Crippen LogP contribution in [0.4, 0.5) is 0 Å². The van der Waals surface area contributed by atoms with Gasteiger partial charge in [0.05, 0.1) is 0 Å². The first-order chi connectivity index (χ1) is 5.54. The Hall–Kier alpha value is -1.58. The molecular weight excluding hydrogens is 158 g/mol. The smallest absolute Gasteiger partial charge is 0.353 e. The van der Waals surface area contributed by atoms with Crippen molar-refractivity contribution in [3.63, 3.8) is 0 Å². The minimum atomic E-state index is -1.08. The summed E-state index contributed by atoms with van der Waals surface area (Å²) in [6.07, 6.45) is 1.46. The highest BCUT2D eigenvalue weighted by Crippen LogP contribution is 2.09. The molecule has 0 aliphatic heterocycles. The van der Waals surface area contributed by atoms with E-state index >= 15 is 0 Å². The van der Waals surface area contributed by atoms with Crippen molar-refractivity contribution in [2.75, 3.05) is 0 Å². The van der Waals surface area contributed by atoms with Crippen LogP contribution in [0.15, 0.2) is 12.3 Å². The van der Waals surface area contributed by atoms with Gasteiger partial charge in [0.2, 0.25) is 5.91 Å². The quantitative estimate of drug-likeness (QED) is 0.682. The van der Waals surface area contributed by atoms with E-state index in [0.717, 1.165) is 4.57 Å². The minimum absolute atomic E-state index is 0.0440. The van der Waals surface area contributed by atoms with E-state index in [9.17, 15) is 9.59 Å². The third-order valence-electron chi connectivity index (χ3n) is 1.63. The van der Waals surface area contributed by atoms with Crippen molar-refractivity contribution in [3.05, 3.63) is 23.5 Å². The number of rotatable bonds is 1. The third-order valence-corrected chi connectivity index (χ3v) is 1.63. The third kappa shape index (κ3) is 1.23. The van der Waals surface area contributed by atoms with Crippen LogP contribution in [0.5, 0.6) is 0 Å². The average Bonchev–Trinajstić information content (AvgIpc) is 2.30. The van der Waals surface area contributed by atoms with Crippen LogP contribution in [-0.4, -0.2) is 21.6 Å². The molecule has 12 heavy (non-hydrogen) atoms. The second kappa shape index (κ2) is 2.81. The lowest BCUT2D eigenvalue weighted by Gasteiger charge is -2.00. The molecule has 0 atom stereocenters. The van der Waals surface area contributed by atoms with Crippen LogP contribution in [0.2, 0.25) is 0 Å². The van der Waals surface area contributed by atoms with Crippen molar-refractivity contribution in [2.24, 2.45) is 0 Å². The molecule has 0 fully saturated rings. The van der Waals surface area contributed by atoms with Gasteiger partial charge in [0.15, 0.2) is 0 Å². The summed E-state index contributed by atoms with van der Waals surface area (Å²) >= 11 is 0. The van der Waals surface area contributed by atoms with Crippen molar-refractivity contribution in [2.45, 2.75) is 13.8 Å². The first kappa shape index (κ1) is 8.52. The molecule has 0 spiro atoms. The standard InChI is InChI=1S/C8H9NO3/c1-5-3-4-9(6(2)10)7(5)8(11)12/h3-4H,1-2H3,(H,11,12). The van der Waals surface area contributed by atoms with Gasteiger partial charge in [-0.05, 0) is 18.6 Å². The van der Waals surface area contributed by atoms with Gasteiger partial charge in [0.25, 0.3) is 0 Å². The number of carboxylic acid groups (broad SMARTS) is 1. The zero-order valence-electron chi connectivity index (χ0n) is 6.87. The number of carbonyl (C=O) groups is 2. The molecule has 0 aliphatic rings. The van der Waals surface area contributed by atoms with Gasteiger partial charge in [-0.3, -0.25) is 9.36 Å². The number of carbonyl (C=O) groups excluding carboxylic acids is 1. The molecule has 0 bridgehead atoms. The molecule has 1 heterocycles. The van der Waals surface area contributed by atoms with E-state index in [0.29, 0.717) is 5.56 Å². The van der Waals surface area contributed by atoms with Crippen LogP contribution < -0.4 is 0 Å². The lowest BCUT2D eigenvalue weighted by Crippen LogP contribution is -2.13. The number of nitrogens with zero attached hydrogens (tertiary/aromatic N) is 1. The fourth-order valence-corrected chi connectivity index (χ4v) is 1.06. The van der Waals surface area contributed by atoms with E-state index in [1.807, 2.05) is 0 Å². The summed E-state index contributed by atoms with van der Waals surface area (Å²) in [5.74, 6) is -1.37. The van der Waals surface area contributed by atoms with E-state index in [4.69, 9.17) is 5.11 Å². The molecule has 0 amide bonds. The van der Waals surface area contributed by atoms with E-state index < -0.39 is 5.97 Å². The molecule has 0 aliphatic carbocycles. The van der Waals surface area contributed by atoms with E-state index in [2.05, 4.69) is 0 Å². The maximum Gasteiger partial charge on any atom is 0.353 e. The zero-order valence-corrected chi connectivity index (χ0v) is 6.87. The molecule has 1 N–H and O–H groups in total. The lowest BCUT2D eigenvalue weighted by atomic mass is 10.3. The molecular formula is C8H9NO3. The Labute approximate surface area is 69.4 Å². The fourth-order valence-electron chi connectivity index (χ4n) is 1.06. The zero-order chi connectivity index (χ0) is 9.30. The van der Waals surface area contributed by atoms with Crippen LogP contribution in [-0.2, 0) is 0 Å². The summed E-state index contributed by atoms with van der Waals surface area (Å²) in [5, 5.41) is 8.71. The van der Waals surface area contributed by atoms with Gasteiger partial charge in [0.1, 0.15) is 5.69 Å². The second-order valence-corrected chi connectivity index (χ2v) is 2.54. The van der Waals surface area contributed by atoms with Crippen LogP contribution in [0.3, 0.4) is 0 Å². The first-order valence-electron chi connectivity index (χ1n) is 3.46. The number of aromatic carboxylic acids is 1. The highest BCUT2D eigenvalue weighted by atomic mass is 16.4. The maximum atomic E-state index is 10.9. The van der Waals surface area contributed by atoms with E-state index in [1.165, 1.54) is 13.1 Å². The van der Waals surface area contributed by atoms with Crippen molar-refractivity contribution in [1.82, 2.24) is 4.57 Å². The Kier molecular flexibility index (Phi) is 1.99. The Morgan fingerprint density at radius 2 is 2.08 bits per heavy atom. The van der Waals surface area contributed by atoms with Gasteiger partial charge in [-0.25, -0.2) is 4.79 Å². The molecule has 0 unspecified atom stereocenters. The van der Waals surface area contributed by atoms with Crippen LogP contribution in [0.1, 0.15) is 27.8 Å². The summed E-state index contributed by atoms with van der Waals surface area (Å²) in [7, 11) is 0. The Balaban J connectivity index is 3.31. The van der Waals surface area contributed by atoms with Crippen LogP contribution >= 0.6 is 0 Å². The van der Waals surface area contributed by atoms with Gasteiger partial charge < -0.3 is 5.11 Å². The number of carboxylic acids is 1. The molecule has 1 rings (SSSR count). The lowest BCUT2D eigenvalue weighted by molar-refractivity contribution is 0.0674. The predicted molar refractivity (Wildman–Crippen MR) is 42.4 cm³/mol. The molecule has 0 radical (unpaired) electrons. The monoisotopic (exact) mass is 167 g/mol. The van der Waals surface area contributed by atoms with Gasteiger partial charge in [-0.2, -0.15) is 0 Å². The van der Waals surface area contributed by atoms with Crippen molar-refractivity contribution >= 4 is 11.9 Å². The number of aryl methyl sites for hydroxylation is 1. The van der Waals surface area contributed by atoms with Crippen molar-refractivity contribution < 1.29 is 14.7 Å². The Bertz CT molecular complexity index is 338. The molecule has 1 aromatic rings. The first-order valence-corrected chi connectivity index (χ1v) is 3.46. The Morgan fingerprint density at radius 3 is 2.42 bits per heavy atom.